The minimum Gasteiger partial charge on any atom is -0.457 e. The molecule has 4 aromatic carbocycles. The van der Waals surface area contributed by atoms with E-state index in [1.165, 1.54) is 24.9 Å². The Morgan fingerprint density at radius 1 is 0.357 bits per heavy atom. The van der Waals surface area contributed by atoms with Crippen LogP contribution in [0.4, 0.5) is 0 Å². The number of hydrogen-bond donors (Lipinski definition) is 4. The third kappa shape index (κ3) is 9.70. The molecule has 4 aromatic rings. The van der Waals surface area contributed by atoms with E-state index in [9.17, 15) is 19.2 Å². The Morgan fingerprint density at radius 3 is 0.786 bits per heavy atom. The molecule has 18 nitrogen and oxygen atoms in total. The maximum Gasteiger partial charge on any atom is 0.272 e. The maximum absolute atomic E-state index is 12.8. The smallest absolute Gasteiger partial charge is 0.272 e. The predicted molar refractivity (Wildman–Crippen MR) is 198 cm³/mol. The van der Waals surface area contributed by atoms with Crippen LogP contribution in [-0.2, 0) is 38.1 Å². The van der Waals surface area contributed by atoms with E-state index in [1.807, 2.05) is 0 Å². The van der Waals surface area contributed by atoms with Crippen LogP contribution in [0.1, 0.15) is 22.3 Å². The number of carbonyl (C=O) groups excluding carboxylic acids is 4. The molecular weight excluding hydrogens is 728 g/mol. The Labute approximate surface area is 318 Å². The average molecular weight is 761 g/mol. The zero-order valence-corrected chi connectivity index (χ0v) is 29.1. The second-order valence-corrected chi connectivity index (χ2v) is 12.0. The summed E-state index contributed by atoms with van der Waals surface area (Å²) in [6.07, 6.45) is 0.690. The fourth-order valence-electron chi connectivity index (χ4n) is 5.27. The van der Waals surface area contributed by atoms with E-state index in [-0.39, 0.29) is 13.6 Å². The van der Waals surface area contributed by atoms with Crippen LogP contribution in [0.15, 0.2) is 117 Å². The zero-order valence-electron chi connectivity index (χ0n) is 29.1. The number of carbonyl (C=O) groups is 4. The first-order chi connectivity index (χ1) is 27.4. The monoisotopic (exact) mass is 760 g/mol. The van der Waals surface area contributed by atoms with Gasteiger partial charge in [-0.2, -0.15) is 20.4 Å². The van der Waals surface area contributed by atoms with Gasteiger partial charge in [0.05, 0.1) is 24.9 Å². The highest BCUT2D eigenvalue weighted by Gasteiger charge is 2.41. The van der Waals surface area contributed by atoms with E-state index in [0.717, 1.165) is 0 Å². The lowest BCUT2D eigenvalue weighted by Gasteiger charge is -2.13. The molecule has 2 fully saturated rings. The lowest BCUT2D eigenvalue weighted by Crippen LogP contribution is -2.45. The van der Waals surface area contributed by atoms with Gasteiger partial charge in [-0.25, -0.2) is 21.7 Å². The van der Waals surface area contributed by atoms with Crippen LogP contribution < -0.4 is 31.2 Å². The molecule has 4 amide bonds. The highest BCUT2D eigenvalue weighted by molar-refractivity contribution is 5.94. The van der Waals surface area contributed by atoms with Crippen molar-refractivity contribution in [2.45, 2.75) is 24.4 Å². The first-order valence-electron chi connectivity index (χ1n) is 16.9. The summed E-state index contributed by atoms with van der Waals surface area (Å²) in [4.78, 5) is 51.1. The highest BCUT2D eigenvalue weighted by atomic mass is 16.7. The van der Waals surface area contributed by atoms with Gasteiger partial charge >= 0.3 is 0 Å². The minimum atomic E-state index is -1.25. The van der Waals surface area contributed by atoms with Gasteiger partial charge in [0, 0.05) is 0 Å². The van der Waals surface area contributed by atoms with Crippen LogP contribution in [-0.4, -0.2) is 86.5 Å². The molecule has 56 heavy (non-hydrogen) atoms. The van der Waals surface area contributed by atoms with Gasteiger partial charge in [0.1, 0.15) is 36.6 Å². The number of benzene rings is 4. The Bertz CT molecular complexity index is 1850. The summed E-state index contributed by atoms with van der Waals surface area (Å²) in [6, 6.07) is 27.6. The molecule has 9 aliphatic rings. The van der Waals surface area contributed by atoms with Gasteiger partial charge in [0.2, 0.25) is 0 Å². The molecule has 0 saturated carbocycles. The molecule has 0 radical (unpaired) electrons. The number of hydrogen-bond acceptors (Lipinski definition) is 14. The number of ether oxygens (including phenoxy) is 6. The van der Waals surface area contributed by atoms with Gasteiger partial charge in [-0.3, -0.25) is 19.2 Å². The van der Waals surface area contributed by atoms with Crippen molar-refractivity contribution >= 4 is 48.5 Å². The fraction of sp³-hybridized carbons (Fsp3) is 0.158. The molecule has 18 heteroatoms. The predicted octanol–water partition coefficient (Wildman–Crippen LogP) is 2.27. The lowest BCUT2D eigenvalue weighted by molar-refractivity contribution is -0.137. The van der Waals surface area contributed by atoms with Gasteiger partial charge in [-0.15, -0.1) is 0 Å². The standard InChI is InChI=1S/C38H32N8O10/c47-35-31-32(52-21-51-31)36(48)44-41-19-25-5-13-29(14-6-25)56-30-15-7-26(8-16-30)20-42-46-38(50)34-33(53-22-54-34)37(49)45-40-18-24-3-11-28(12-4-24)55-27-9-1-23(2-10-27)17-39-43-35/h1-20,31-34H,21-22H2,(H,43,47)(H,44,48)(H,45,49)(H,46,50)/t31-,32-,33-,34-/m0/s1. The highest BCUT2D eigenvalue weighted by Crippen LogP contribution is 2.23. The summed E-state index contributed by atoms with van der Waals surface area (Å²) in [7, 11) is 0. The van der Waals surface area contributed by atoms with Crippen LogP contribution in [0.2, 0.25) is 0 Å². The van der Waals surface area contributed by atoms with E-state index >= 15 is 0 Å². The SMILES string of the molecule is O=C1NN=Cc2ccc(cc2)Oc2ccc(cc2)C=NNC(=O)[C@H]2OCO[C@@H]2C(=O)NN=Cc2ccc(cc2)Oc2ccc(cc2)C=NNC(=O)[C@H]2OCO[C@H]12. The van der Waals surface area contributed by atoms with Gasteiger partial charge < -0.3 is 28.4 Å². The summed E-state index contributed by atoms with van der Waals surface area (Å²) < 4.78 is 33.1. The normalized spacial score (nSPS) is 21.9. The third-order valence-electron chi connectivity index (χ3n) is 8.12. The Balaban J connectivity index is 1.04. The number of amides is 4. The summed E-state index contributed by atoms with van der Waals surface area (Å²) in [5.41, 5.74) is 12.1. The molecule has 2 saturated heterocycles. The van der Waals surface area contributed by atoms with Crippen LogP contribution in [0.5, 0.6) is 23.0 Å². The van der Waals surface area contributed by atoms with Gasteiger partial charge in [-0.1, -0.05) is 0 Å². The van der Waals surface area contributed by atoms with Crippen molar-refractivity contribution < 1.29 is 47.6 Å². The van der Waals surface area contributed by atoms with Crippen LogP contribution in [0.25, 0.3) is 0 Å². The second kappa shape index (κ2) is 17.8. The number of nitrogens with one attached hydrogen (secondary N) is 4. The molecule has 9 heterocycles. The zero-order chi connectivity index (χ0) is 38.7. The number of hydrazone groups is 4. The van der Waals surface area contributed by atoms with Gasteiger partial charge in [0.15, 0.2) is 24.4 Å². The Kier molecular flexibility index (Phi) is 11.8. The van der Waals surface area contributed by atoms with E-state index in [0.29, 0.717) is 45.3 Å². The van der Waals surface area contributed by atoms with Crippen molar-refractivity contribution in [3.8, 4) is 23.0 Å². The molecule has 4 N–H and O–H groups in total. The van der Waals surface area contributed by atoms with E-state index in [1.54, 1.807) is 97.1 Å². The lowest BCUT2D eigenvalue weighted by atomic mass is 10.2. The minimum absolute atomic E-state index is 0.262. The molecule has 4 atom stereocenters. The van der Waals surface area contributed by atoms with Gasteiger partial charge in [-0.05, 0) is 119 Å². The van der Waals surface area contributed by atoms with Crippen LogP contribution >= 0.6 is 0 Å². The third-order valence-corrected chi connectivity index (χ3v) is 8.12. The molecule has 13 rings (SSSR count). The molecule has 8 bridgehead atoms. The number of rotatable bonds is 0. The van der Waals surface area contributed by atoms with Crippen LogP contribution in [0, 0.1) is 0 Å². The Morgan fingerprint density at radius 2 is 0.571 bits per heavy atom. The van der Waals surface area contributed by atoms with Gasteiger partial charge in [0.25, 0.3) is 23.6 Å². The summed E-state index contributed by atoms with van der Waals surface area (Å²) in [6.45, 7) is -0.524. The quantitative estimate of drug-likeness (QED) is 0.205. The van der Waals surface area contributed by atoms with E-state index in [2.05, 4.69) is 42.1 Å². The molecule has 0 unspecified atom stereocenters. The summed E-state index contributed by atoms with van der Waals surface area (Å²) in [5, 5.41) is 15.9. The molecule has 0 aromatic heterocycles. The Hall–Kier alpha value is -7.12. The number of nitrogens with zero attached hydrogens (tertiary/aromatic N) is 4. The first kappa shape index (κ1) is 37.2. The van der Waals surface area contributed by atoms with Crippen molar-refractivity contribution in [2.24, 2.45) is 20.4 Å². The fourth-order valence-corrected chi connectivity index (χ4v) is 5.27. The average Bonchev–Trinajstić information content (AvgIpc) is 3.92. The second-order valence-electron chi connectivity index (χ2n) is 12.0. The van der Waals surface area contributed by atoms with Crippen molar-refractivity contribution in [1.82, 2.24) is 21.7 Å². The van der Waals surface area contributed by atoms with E-state index < -0.39 is 48.0 Å². The molecular formula is C38H32N8O10. The molecule has 0 aliphatic carbocycles. The van der Waals surface area contributed by atoms with Crippen molar-refractivity contribution in [2.75, 3.05) is 13.6 Å². The molecule has 0 spiro atoms. The largest absolute Gasteiger partial charge is 0.457 e. The van der Waals surface area contributed by atoms with Crippen molar-refractivity contribution in [3.63, 3.8) is 0 Å². The summed E-state index contributed by atoms with van der Waals surface area (Å²) >= 11 is 0. The maximum atomic E-state index is 12.8. The topological polar surface area (TPSA) is 221 Å². The van der Waals surface area contributed by atoms with Crippen LogP contribution in [0.3, 0.4) is 0 Å². The molecule has 9 aliphatic heterocycles. The summed E-state index contributed by atoms with van der Waals surface area (Å²) in [5.74, 6) is -0.553. The molecule has 284 valence electrons. The van der Waals surface area contributed by atoms with Crippen molar-refractivity contribution in [1.29, 1.82) is 0 Å². The van der Waals surface area contributed by atoms with E-state index in [4.69, 9.17) is 28.4 Å². The van der Waals surface area contributed by atoms with Crippen molar-refractivity contribution in [3.05, 3.63) is 119 Å². The first-order valence-corrected chi connectivity index (χ1v) is 16.9.